The van der Waals surface area contributed by atoms with Gasteiger partial charge in [-0.1, -0.05) is 52.0 Å². The van der Waals surface area contributed by atoms with Crippen LogP contribution in [0.1, 0.15) is 85.5 Å². The normalized spacial score (nSPS) is 12.5. The number of ketones is 1. The van der Waals surface area contributed by atoms with E-state index >= 15 is 0 Å². The first-order valence-corrected chi connectivity index (χ1v) is 7.39. The standard InChI is InChI=1S/C16H30O/c1-5-8-10-13-16(17)15(12-9-6-2)14(4)11-7-3/h5-13H2,1-4H3. The van der Waals surface area contributed by atoms with E-state index in [0.29, 0.717) is 5.78 Å². The summed E-state index contributed by atoms with van der Waals surface area (Å²) < 4.78 is 0. The smallest absolute Gasteiger partial charge is 0.158 e. The molecule has 1 heteroatoms. The molecular formula is C16H30O. The van der Waals surface area contributed by atoms with Crippen LogP contribution in [-0.2, 0) is 4.79 Å². The topological polar surface area (TPSA) is 17.1 Å². The maximum atomic E-state index is 12.2. The highest BCUT2D eigenvalue weighted by Gasteiger charge is 2.11. The minimum absolute atomic E-state index is 0.415. The number of carbonyl (C=O) groups excluding carboxylic acids is 1. The molecule has 0 aromatic heterocycles. The van der Waals surface area contributed by atoms with Crippen molar-refractivity contribution in [3.8, 4) is 0 Å². The summed E-state index contributed by atoms with van der Waals surface area (Å²) in [7, 11) is 0. The van der Waals surface area contributed by atoms with Crippen LogP contribution in [0.4, 0.5) is 0 Å². The van der Waals surface area contributed by atoms with Crippen molar-refractivity contribution in [2.45, 2.75) is 85.5 Å². The number of carbonyl (C=O) groups is 1. The van der Waals surface area contributed by atoms with Gasteiger partial charge in [0.2, 0.25) is 0 Å². The molecule has 100 valence electrons. The van der Waals surface area contributed by atoms with Crippen molar-refractivity contribution in [1.82, 2.24) is 0 Å². The molecule has 0 aliphatic rings. The van der Waals surface area contributed by atoms with Crippen LogP contribution in [0.2, 0.25) is 0 Å². The van der Waals surface area contributed by atoms with Crippen LogP contribution in [0.5, 0.6) is 0 Å². The summed E-state index contributed by atoms with van der Waals surface area (Å²) in [5.74, 6) is 0.415. The molecule has 0 unspecified atom stereocenters. The second-order valence-electron chi connectivity index (χ2n) is 4.99. The second kappa shape index (κ2) is 10.6. The Hall–Kier alpha value is -0.590. The first-order chi connectivity index (χ1) is 8.17. The van der Waals surface area contributed by atoms with E-state index in [9.17, 15) is 4.79 Å². The zero-order chi connectivity index (χ0) is 13.1. The van der Waals surface area contributed by atoms with E-state index in [-0.39, 0.29) is 0 Å². The molecule has 0 atom stereocenters. The molecule has 0 aliphatic carbocycles. The molecule has 0 radical (unpaired) electrons. The van der Waals surface area contributed by atoms with Crippen LogP contribution in [0.3, 0.4) is 0 Å². The monoisotopic (exact) mass is 238 g/mol. The number of allylic oxidation sites excluding steroid dienone is 2. The SMILES string of the molecule is CCCCCC(=O)C(CCCC)=C(C)CCC. The molecule has 0 amide bonds. The third-order valence-corrected chi connectivity index (χ3v) is 3.26. The van der Waals surface area contributed by atoms with Gasteiger partial charge in [-0.25, -0.2) is 0 Å². The molecule has 0 bridgehead atoms. The number of unbranched alkanes of at least 4 members (excludes halogenated alkanes) is 3. The van der Waals surface area contributed by atoms with Crippen LogP contribution < -0.4 is 0 Å². The molecule has 0 aromatic rings. The Kier molecular flexibility index (Phi) is 10.2. The molecule has 1 nitrogen and oxygen atoms in total. The van der Waals surface area contributed by atoms with E-state index < -0.39 is 0 Å². The molecule has 0 fully saturated rings. The summed E-state index contributed by atoms with van der Waals surface area (Å²) in [5.41, 5.74) is 2.48. The van der Waals surface area contributed by atoms with Crippen LogP contribution in [0.15, 0.2) is 11.1 Å². The highest BCUT2D eigenvalue weighted by Crippen LogP contribution is 2.20. The Bertz CT molecular complexity index is 238. The average Bonchev–Trinajstić information content (AvgIpc) is 2.30. The summed E-state index contributed by atoms with van der Waals surface area (Å²) >= 11 is 0. The lowest BCUT2D eigenvalue weighted by molar-refractivity contribution is -0.115. The van der Waals surface area contributed by atoms with Gasteiger partial charge >= 0.3 is 0 Å². The fourth-order valence-electron chi connectivity index (χ4n) is 2.16. The van der Waals surface area contributed by atoms with Crippen LogP contribution in [0.25, 0.3) is 0 Å². The van der Waals surface area contributed by atoms with E-state index in [4.69, 9.17) is 0 Å². The van der Waals surface area contributed by atoms with E-state index in [1.165, 1.54) is 24.8 Å². The minimum Gasteiger partial charge on any atom is -0.295 e. The predicted molar refractivity (Wildman–Crippen MR) is 76.3 cm³/mol. The first-order valence-electron chi connectivity index (χ1n) is 7.39. The predicted octanol–water partition coefficient (Wildman–Crippen LogP) is 5.44. The molecule has 0 N–H and O–H groups in total. The Labute approximate surface area is 108 Å². The molecular weight excluding hydrogens is 208 g/mol. The number of hydrogen-bond donors (Lipinski definition) is 0. The Morgan fingerprint density at radius 2 is 1.41 bits per heavy atom. The van der Waals surface area contributed by atoms with Crippen molar-refractivity contribution < 1.29 is 4.79 Å². The van der Waals surface area contributed by atoms with E-state index in [1.807, 2.05) is 0 Å². The highest BCUT2D eigenvalue weighted by atomic mass is 16.1. The minimum atomic E-state index is 0.415. The summed E-state index contributed by atoms with van der Waals surface area (Å²) in [5, 5.41) is 0. The van der Waals surface area contributed by atoms with Gasteiger partial charge in [-0.3, -0.25) is 4.79 Å². The van der Waals surface area contributed by atoms with Gasteiger partial charge in [0.05, 0.1) is 0 Å². The van der Waals surface area contributed by atoms with Crippen LogP contribution >= 0.6 is 0 Å². The molecule has 0 aromatic carbocycles. The third-order valence-electron chi connectivity index (χ3n) is 3.26. The molecule has 0 saturated heterocycles. The lowest BCUT2D eigenvalue weighted by Gasteiger charge is -2.11. The summed E-state index contributed by atoms with van der Waals surface area (Å²) in [6.45, 7) is 8.70. The van der Waals surface area contributed by atoms with Crippen LogP contribution in [0, 0.1) is 0 Å². The third kappa shape index (κ3) is 7.36. The molecule has 0 saturated carbocycles. The van der Waals surface area contributed by atoms with Crippen molar-refractivity contribution in [1.29, 1.82) is 0 Å². The van der Waals surface area contributed by atoms with Crippen LogP contribution in [-0.4, -0.2) is 5.78 Å². The highest BCUT2D eigenvalue weighted by molar-refractivity contribution is 5.95. The van der Waals surface area contributed by atoms with Crippen molar-refractivity contribution in [2.24, 2.45) is 0 Å². The Balaban J connectivity index is 4.44. The number of hydrogen-bond acceptors (Lipinski definition) is 1. The van der Waals surface area contributed by atoms with Gasteiger partial charge in [0.15, 0.2) is 5.78 Å². The largest absolute Gasteiger partial charge is 0.295 e. The Morgan fingerprint density at radius 3 is 1.94 bits per heavy atom. The lowest BCUT2D eigenvalue weighted by Crippen LogP contribution is -2.05. The summed E-state index contributed by atoms with van der Waals surface area (Å²) in [6.07, 6.45) is 9.73. The van der Waals surface area contributed by atoms with Gasteiger partial charge in [0.25, 0.3) is 0 Å². The second-order valence-corrected chi connectivity index (χ2v) is 4.99. The van der Waals surface area contributed by atoms with Gasteiger partial charge < -0.3 is 0 Å². The van der Waals surface area contributed by atoms with E-state index in [0.717, 1.165) is 44.1 Å². The molecule has 0 aliphatic heterocycles. The van der Waals surface area contributed by atoms with Gasteiger partial charge in [0, 0.05) is 6.42 Å². The van der Waals surface area contributed by atoms with Gasteiger partial charge in [-0.05, 0) is 38.2 Å². The zero-order valence-electron chi connectivity index (χ0n) is 12.3. The first kappa shape index (κ1) is 16.4. The summed E-state index contributed by atoms with van der Waals surface area (Å²) in [4.78, 5) is 12.2. The van der Waals surface area contributed by atoms with E-state index in [1.54, 1.807) is 0 Å². The summed E-state index contributed by atoms with van der Waals surface area (Å²) in [6, 6.07) is 0. The molecule has 0 rings (SSSR count). The van der Waals surface area contributed by atoms with Gasteiger partial charge in [0.1, 0.15) is 0 Å². The van der Waals surface area contributed by atoms with E-state index in [2.05, 4.69) is 27.7 Å². The average molecular weight is 238 g/mol. The van der Waals surface area contributed by atoms with Crippen molar-refractivity contribution in [2.75, 3.05) is 0 Å². The zero-order valence-corrected chi connectivity index (χ0v) is 12.3. The van der Waals surface area contributed by atoms with Gasteiger partial charge in [-0.15, -0.1) is 0 Å². The van der Waals surface area contributed by atoms with Crippen molar-refractivity contribution in [3.05, 3.63) is 11.1 Å². The fourth-order valence-corrected chi connectivity index (χ4v) is 2.16. The maximum absolute atomic E-state index is 12.2. The lowest BCUT2D eigenvalue weighted by atomic mass is 9.94. The van der Waals surface area contributed by atoms with Crippen molar-refractivity contribution >= 4 is 5.78 Å². The molecule has 0 heterocycles. The Morgan fingerprint density at radius 1 is 0.765 bits per heavy atom. The fraction of sp³-hybridized carbons (Fsp3) is 0.812. The quantitative estimate of drug-likeness (QED) is 0.366. The van der Waals surface area contributed by atoms with Gasteiger partial charge in [-0.2, -0.15) is 0 Å². The maximum Gasteiger partial charge on any atom is 0.158 e. The molecule has 0 spiro atoms. The number of Topliss-reactive ketones (excluding diaryl/α,β-unsaturated/α-hetero) is 1. The molecule has 17 heavy (non-hydrogen) atoms. The van der Waals surface area contributed by atoms with Crippen molar-refractivity contribution in [3.63, 3.8) is 0 Å². The number of rotatable bonds is 10.